The molecule has 1 aromatic carbocycles. The Balaban J connectivity index is 1.44. The van der Waals surface area contributed by atoms with Crippen molar-refractivity contribution in [3.8, 4) is 11.8 Å². The molecule has 1 unspecified atom stereocenters. The van der Waals surface area contributed by atoms with E-state index < -0.39 is 0 Å². The number of halogens is 2. The van der Waals surface area contributed by atoms with E-state index in [2.05, 4.69) is 22.1 Å². The van der Waals surface area contributed by atoms with Crippen molar-refractivity contribution in [1.82, 2.24) is 20.0 Å². The third-order valence-corrected chi connectivity index (χ3v) is 5.86. The minimum Gasteiger partial charge on any atom is -0.340 e. The largest absolute Gasteiger partial charge is 0.340 e. The second kappa shape index (κ2) is 9.04. The maximum absolute atomic E-state index is 12.5. The fraction of sp³-hybridized carbons (Fsp3) is 0.500. The maximum Gasteiger partial charge on any atom is 0.318 e. The number of likely N-dealkylation sites (tertiary alicyclic amines) is 1. The van der Waals surface area contributed by atoms with Crippen LogP contribution in [0, 0.1) is 11.8 Å². The van der Waals surface area contributed by atoms with Crippen LogP contribution in [0.1, 0.15) is 19.4 Å². The Morgan fingerprint density at radius 3 is 2.39 bits per heavy atom. The smallest absolute Gasteiger partial charge is 0.318 e. The van der Waals surface area contributed by atoms with Crippen LogP contribution in [0.25, 0.3) is 0 Å². The van der Waals surface area contributed by atoms with E-state index in [0.29, 0.717) is 29.2 Å². The molecule has 3 rings (SSSR count). The van der Waals surface area contributed by atoms with Gasteiger partial charge in [0.1, 0.15) is 0 Å². The normalized spacial score (nSPS) is 18.7. The highest BCUT2D eigenvalue weighted by Crippen LogP contribution is 2.22. The molecule has 28 heavy (non-hydrogen) atoms. The molecule has 0 spiro atoms. The Hall–Kier alpha value is -1.94. The van der Waals surface area contributed by atoms with E-state index in [0.717, 1.165) is 31.7 Å². The Kier molecular flexibility index (Phi) is 6.71. The Labute approximate surface area is 175 Å². The molecule has 1 N–H and O–H groups in total. The quantitative estimate of drug-likeness (QED) is 0.743. The van der Waals surface area contributed by atoms with Gasteiger partial charge in [0, 0.05) is 57.8 Å². The van der Waals surface area contributed by atoms with Gasteiger partial charge in [0.2, 0.25) is 5.91 Å². The van der Waals surface area contributed by atoms with Gasteiger partial charge in [0.15, 0.2) is 0 Å². The number of hydrogen-bond donors (Lipinski definition) is 1. The molecular weight excluding hydrogens is 399 g/mol. The predicted octanol–water partition coefficient (Wildman–Crippen LogP) is 2.29. The van der Waals surface area contributed by atoms with Crippen molar-refractivity contribution in [2.75, 3.05) is 39.3 Å². The van der Waals surface area contributed by atoms with Crippen molar-refractivity contribution in [2.45, 2.75) is 25.9 Å². The summed E-state index contributed by atoms with van der Waals surface area (Å²) >= 11 is 11.9. The SMILES string of the molecule is CC(=O)N1CC(N2CCN(C(=O)NC(C)C#Cc3ccc(Cl)c(Cl)c3)CC2)C1. The van der Waals surface area contributed by atoms with Crippen molar-refractivity contribution in [1.29, 1.82) is 0 Å². The van der Waals surface area contributed by atoms with Gasteiger partial charge in [0.25, 0.3) is 0 Å². The lowest BCUT2D eigenvalue weighted by molar-refractivity contribution is -0.136. The topological polar surface area (TPSA) is 55.9 Å². The number of rotatable bonds is 2. The zero-order valence-electron chi connectivity index (χ0n) is 16.0. The zero-order valence-corrected chi connectivity index (χ0v) is 17.6. The first-order valence-electron chi connectivity index (χ1n) is 9.35. The summed E-state index contributed by atoms with van der Waals surface area (Å²) in [6, 6.07) is 5.24. The highest BCUT2D eigenvalue weighted by molar-refractivity contribution is 6.42. The van der Waals surface area contributed by atoms with Gasteiger partial charge in [-0.1, -0.05) is 35.0 Å². The van der Waals surface area contributed by atoms with Crippen molar-refractivity contribution in [3.63, 3.8) is 0 Å². The molecule has 2 aliphatic rings. The van der Waals surface area contributed by atoms with Gasteiger partial charge >= 0.3 is 6.03 Å². The second-order valence-electron chi connectivity index (χ2n) is 7.17. The van der Waals surface area contributed by atoms with Crippen LogP contribution in [-0.2, 0) is 4.79 Å². The highest BCUT2D eigenvalue weighted by atomic mass is 35.5. The third-order valence-electron chi connectivity index (χ3n) is 5.12. The van der Waals surface area contributed by atoms with Gasteiger partial charge in [0.05, 0.1) is 16.1 Å². The van der Waals surface area contributed by atoms with Crippen LogP contribution in [0.15, 0.2) is 18.2 Å². The van der Waals surface area contributed by atoms with Gasteiger partial charge < -0.3 is 15.1 Å². The lowest BCUT2D eigenvalue weighted by Crippen LogP contribution is -2.64. The van der Waals surface area contributed by atoms with Crippen molar-refractivity contribution in [2.24, 2.45) is 0 Å². The maximum atomic E-state index is 12.5. The molecule has 0 radical (unpaired) electrons. The second-order valence-corrected chi connectivity index (χ2v) is 7.98. The van der Waals surface area contributed by atoms with E-state index in [1.807, 2.05) is 16.7 Å². The molecule has 150 valence electrons. The van der Waals surface area contributed by atoms with Gasteiger partial charge in [-0.25, -0.2) is 4.79 Å². The molecule has 2 fully saturated rings. The number of carbonyl (C=O) groups is 2. The van der Waals surface area contributed by atoms with Crippen LogP contribution in [-0.4, -0.2) is 78.0 Å². The number of hydrogen-bond acceptors (Lipinski definition) is 3. The van der Waals surface area contributed by atoms with E-state index in [9.17, 15) is 9.59 Å². The molecule has 2 aliphatic heterocycles. The van der Waals surface area contributed by atoms with Crippen LogP contribution in [0.5, 0.6) is 0 Å². The fourth-order valence-corrected chi connectivity index (χ4v) is 3.61. The monoisotopic (exact) mass is 422 g/mol. The average Bonchev–Trinajstić information content (AvgIpc) is 2.61. The van der Waals surface area contributed by atoms with Crippen LogP contribution in [0.2, 0.25) is 10.0 Å². The summed E-state index contributed by atoms with van der Waals surface area (Å²) in [5.74, 6) is 6.15. The number of urea groups is 1. The summed E-state index contributed by atoms with van der Waals surface area (Å²) in [5.41, 5.74) is 0.754. The zero-order chi connectivity index (χ0) is 20.3. The minimum atomic E-state index is -0.282. The summed E-state index contributed by atoms with van der Waals surface area (Å²) in [5, 5.41) is 3.87. The Morgan fingerprint density at radius 2 is 1.79 bits per heavy atom. The Morgan fingerprint density at radius 1 is 1.11 bits per heavy atom. The molecule has 8 heteroatoms. The van der Waals surface area contributed by atoms with Crippen molar-refractivity contribution >= 4 is 35.1 Å². The van der Waals surface area contributed by atoms with Crippen molar-refractivity contribution in [3.05, 3.63) is 33.8 Å². The van der Waals surface area contributed by atoms with Crippen LogP contribution in [0.3, 0.4) is 0 Å². The summed E-state index contributed by atoms with van der Waals surface area (Å²) in [7, 11) is 0. The number of amides is 3. The molecule has 0 aromatic heterocycles. The molecule has 3 amide bonds. The molecule has 0 aliphatic carbocycles. The summed E-state index contributed by atoms with van der Waals surface area (Å²) < 4.78 is 0. The average molecular weight is 423 g/mol. The minimum absolute atomic E-state index is 0.102. The molecule has 2 heterocycles. The number of nitrogens with zero attached hydrogens (tertiary/aromatic N) is 3. The lowest BCUT2D eigenvalue weighted by atomic mass is 10.1. The van der Waals surface area contributed by atoms with Gasteiger partial charge in [-0.05, 0) is 25.1 Å². The number of piperazine rings is 1. The molecule has 1 atom stereocenters. The van der Waals surface area contributed by atoms with E-state index in [1.54, 1.807) is 25.1 Å². The molecule has 0 saturated carbocycles. The predicted molar refractivity (Wildman–Crippen MR) is 111 cm³/mol. The number of benzene rings is 1. The van der Waals surface area contributed by atoms with E-state index in [-0.39, 0.29) is 18.0 Å². The van der Waals surface area contributed by atoms with Crippen molar-refractivity contribution < 1.29 is 9.59 Å². The fourth-order valence-electron chi connectivity index (χ4n) is 3.31. The van der Waals surface area contributed by atoms with Gasteiger partial charge in [-0.15, -0.1) is 0 Å². The van der Waals surface area contributed by atoms with Crippen LogP contribution in [0.4, 0.5) is 4.79 Å². The summed E-state index contributed by atoms with van der Waals surface area (Å²) in [6.45, 7) is 8.05. The van der Waals surface area contributed by atoms with Gasteiger partial charge in [-0.2, -0.15) is 0 Å². The van der Waals surface area contributed by atoms with Gasteiger partial charge in [-0.3, -0.25) is 9.69 Å². The van der Waals surface area contributed by atoms with Crippen LogP contribution >= 0.6 is 23.2 Å². The molecule has 0 bridgehead atoms. The van der Waals surface area contributed by atoms with E-state index >= 15 is 0 Å². The summed E-state index contributed by atoms with van der Waals surface area (Å²) in [4.78, 5) is 29.8. The number of nitrogens with one attached hydrogen (secondary N) is 1. The molecule has 6 nitrogen and oxygen atoms in total. The third kappa shape index (κ3) is 5.11. The molecular formula is C20H24Cl2N4O2. The molecule has 2 saturated heterocycles. The van der Waals surface area contributed by atoms with E-state index in [4.69, 9.17) is 23.2 Å². The highest BCUT2D eigenvalue weighted by Gasteiger charge is 2.35. The Bertz CT molecular complexity index is 806. The standard InChI is InChI=1S/C20H24Cl2N4O2/c1-14(3-4-16-5-6-18(21)19(22)11-16)23-20(28)25-9-7-24(8-10-25)17-12-26(13-17)15(2)27/h5-6,11,14,17H,7-10,12-13H2,1-2H3,(H,23,28). The molecule has 1 aromatic rings. The lowest BCUT2D eigenvalue weighted by Gasteiger charge is -2.47. The first-order valence-corrected chi connectivity index (χ1v) is 10.1. The van der Waals surface area contributed by atoms with E-state index in [1.165, 1.54) is 0 Å². The first kappa shape index (κ1) is 20.8. The summed E-state index contributed by atoms with van der Waals surface area (Å²) in [6.07, 6.45) is 0. The first-order chi connectivity index (χ1) is 13.3. The van der Waals surface area contributed by atoms with Crippen LogP contribution < -0.4 is 5.32 Å². The number of carbonyl (C=O) groups excluding carboxylic acids is 2.